The number of fused-ring (bicyclic) bond motifs is 2. The Kier molecular flexibility index (Phi) is 2.55. The van der Waals surface area contributed by atoms with Gasteiger partial charge in [-0.15, -0.1) is 11.8 Å². The van der Waals surface area contributed by atoms with Gasteiger partial charge in [0.15, 0.2) is 0 Å². The zero-order chi connectivity index (χ0) is 11.9. The van der Waals surface area contributed by atoms with Gasteiger partial charge >= 0.3 is 0 Å². The molecule has 2 atom stereocenters. The second-order valence-electron chi connectivity index (χ2n) is 5.29. The fraction of sp³-hybridized carbons (Fsp3) is 0.333. The summed E-state index contributed by atoms with van der Waals surface area (Å²) in [6.45, 7) is 4.49. The highest BCUT2D eigenvalue weighted by Gasteiger charge is 2.27. The summed E-state index contributed by atoms with van der Waals surface area (Å²) in [6, 6.07) is 8.96. The van der Waals surface area contributed by atoms with Crippen molar-refractivity contribution in [3.05, 3.63) is 48.6 Å². The molecule has 0 bridgehead atoms. The van der Waals surface area contributed by atoms with Crippen LogP contribution in [0, 0.1) is 5.41 Å². The Morgan fingerprint density at radius 3 is 2.76 bits per heavy atom. The molecule has 0 aromatic heterocycles. The third-order valence-corrected chi connectivity index (χ3v) is 4.61. The molecule has 1 aromatic rings. The van der Waals surface area contributed by atoms with E-state index in [-0.39, 0.29) is 5.41 Å². The Bertz CT molecular complexity index is 444. The summed E-state index contributed by atoms with van der Waals surface area (Å²) in [5, 5.41) is 4.12. The quantitative estimate of drug-likeness (QED) is 0.689. The van der Waals surface area contributed by atoms with Crippen LogP contribution in [0.2, 0.25) is 0 Å². The molecule has 88 valence electrons. The predicted molar refractivity (Wildman–Crippen MR) is 75.6 cm³/mol. The first-order valence-corrected chi connectivity index (χ1v) is 6.93. The molecule has 1 nitrogen and oxygen atoms in total. The van der Waals surface area contributed by atoms with Crippen LogP contribution in [-0.4, -0.2) is 11.3 Å². The summed E-state index contributed by atoms with van der Waals surface area (Å²) in [5.41, 5.74) is 1.43. The van der Waals surface area contributed by atoms with Gasteiger partial charge < -0.3 is 5.32 Å². The number of hydrogen-bond acceptors (Lipinski definition) is 2. The van der Waals surface area contributed by atoms with Crippen molar-refractivity contribution in [2.45, 2.75) is 30.0 Å². The molecular weight excluding hydrogens is 226 g/mol. The summed E-state index contributed by atoms with van der Waals surface area (Å²) in [5.74, 6) is 0. The maximum absolute atomic E-state index is 3.62. The average Bonchev–Trinajstić information content (AvgIpc) is 2.47. The summed E-state index contributed by atoms with van der Waals surface area (Å²) >= 11 is 1.95. The molecule has 1 aliphatic carbocycles. The number of rotatable bonds is 0. The number of para-hydroxylation sites is 1. The van der Waals surface area contributed by atoms with Crippen molar-refractivity contribution in [3.63, 3.8) is 0 Å². The first-order chi connectivity index (χ1) is 8.14. The van der Waals surface area contributed by atoms with Gasteiger partial charge in [-0.1, -0.05) is 50.3 Å². The van der Waals surface area contributed by atoms with Crippen molar-refractivity contribution in [2.75, 3.05) is 5.32 Å². The molecule has 0 amide bonds. The molecule has 17 heavy (non-hydrogen) atoms. The highest BCUT2D eigenvalue weighted by molar-refractivity contribution is 8.00. The Morgan fingerprint density at radius 2 is 1.88 bits per heavy atom. The number of anilines is 1. The molecule has 1 aliphatic heterocycles. The van der Waals surface area contributed by atoms with E-state index >= 15 is 0 Å². The van der Waals surface area contributed by atoms with E-state index < -0.39 is 0 Å². The molecule has 0 spiro atoms. The lowest BCUT2D eigenvalue weighted by Crippen LogP contribution is -2.31. The maximum atomic E-state index is 3.62. The van der Waals surface area contributed by atoms with Gasteiger partial charge in [-0.3, -0.25) is 0 Å². The van der Waals surface area contributed by atoms with Crippen LogP contribution >= 0.6 is 11.8 Å². The van der Waals surface area contributed by atoms with E-state index in [4.69, 9.17) is 0 Å². The monoisotopic (exact) mass is 243 g/mol. The van der Waals surface area contributed by atoms with Crippen molar-refractivity contribution in [1.82, 2.24) is 0 Å². The van der Waals surface area contributed by atoms with Crippen molar-refractivity contribution in [2.24, 2.45) is 5.41 Å². The van der Waals surface area contributed by atoms with Gasteiger partial charge in [-0.05, 0) is 12.1 Å². The predicted octanol–water partition coefficient (Wildman–Crippen LogP) is 4.09. The molecule has 2 heteroatoms. The highest BCUT2D eigenvalue weighted by atomic mass is 32.2. The minimum Gasteiger partial charge on any atom is -0.376 e. The largest absolute Gasteiger partial charge is 0.376 e. The van der Waals surface area contributed by atoms with Crippen molar-refractivity contribution < 1.29 is 0 Å². The van der Waals surface area contributed by atoms with E-state index in [1.165, 1.54) is 10.6 Å². The highest BCUT2D eigenvalue weighted by Crippen LogP contribution is 2.40. The standard InChI is InChI=1S/C15H17NS/c1-15(2)9-7-12-14(8-10-15)17-13-6-4-3-5-11(13)16-12/h3-10,12,14,16H,1-2H3. The zero-order valence-corrected chi connectivity index (χ0v) is 11.0. The second-order valence-corrected chi connectivity index (χ2v) is 6.51. The molecule has 0 saturated heterocycles. The van der Waals surface area contributed by atoms with E-state index in [0.29, 0.717) is 11.3 Å². The summed E-state index contributed by atoms with van der Waals surface area (Å²) in [6.07, 6.45) is 9.28. The average molecular weight is 243 g/mol. The third-order valence-electron chi connectivity index (χ3n) is 3.27. The third kappa shape index (κ3) is 2.14. The fourth-order valence-electron chi connectivity index (χ4n) is 2.24. The molecular formula is C15H17NS. The minimum absolute atomic E-state index is 0.172. The molecule has 1 N–H and O–H groups in total. The van der Waals surface area contributed by atoms with E-state index in [9.17, 15) is 0 Å². The lowest BCUT2D eigenvalue weighted by Gasteiger charge is -2.30. The van der Waals surface area contributed by atoms with Crippen LogP contribution < -0.4 is 5.32 Å². The zero-order valence-electron chi connectivity index (χ0n) is 10.2. The van der Waals surface area contributed by atoms with Gasteiger partial charge in [0.05, 0.1) is 11.3 Å². The Labute approximate surface area is 107 Å². The van der Waals surface area contributed by atoms with E-state index in [2.05, 4.69) is 67.7 Å². The van der Waals surface area contributed by atoms with Crippen LogP contribution in [0.1, 0.15) is 13.8 Å². The summed E-state index contributed by atoms with van der Waals surface area (Å²) in [7, 11) is 0. The number of hydrogen-bond donors (Lipinski definition) is 1. The lowest BCUT2D eigenvalue weighted by atomic mass is 9.93. The van der Waals surface area contributed by atoms with Crippen LogP contribution in [-0.2, 0) is 0 Å². The van der Waals surface area contributed by atoms with Gasteiger partial charge in [-0.25, -0.2) is 0 Å². The SMILES string of the molecule is CC1(C)C=CC2Nc3ccccc3SC2C=C1. The summed E-state index contributed by atoms with van der Waals surface area (Å²) < 4.78 is 0. The normalized spacial score (nSPS) is 28.8. The van der Waals surface area contributed by atoms with Crippen LogP contribution in [0.5, 0.6) is 0 Å². The van der Waals surface area contributed by atoms with Gasteiger partial charge in [0.2, 0.25) is 0 Å². The minimum atomic E-state index is 0.172. The maximum Gasteiger partial charge on any atom is 0.0602 e. The number of thioether (sulfide) groups is 1. The van der Waals surface area contributed by atoms with Gasteiger partial charge in [0.25, 0.3) is 0 Å². The second kappa shape index (κ2) is 3.95. The molecule has 1 aromatic carbocycles. The first-order valence-electron chi connectivity index (χ1n) is 6.05. The summed E-state index contributed by atoms with van der Waals surface area (Å²) in [4.78, 5) is 1.35. The Balaban J connectivity index is 1.96. The molecule has 2 unspecified atom stereocenters. The molecule has 0 fully saturated rings. The van der Waals surface area contributed by atoms with Crippen molar-refractivity contribution in [3.8, 4) is 0 Å². The first kappa shape index (κ1) is 11.0. The topological polar surface area (TPSA) is 12.0 Å². The van der Waals surface area contributed by atoms with Crippen molar-refractivity contribution >= 4 is 17.4 Å². The smallest absolute Gasteiger partial charge is 0.0602 e. The number of nitrogens with one attached hydrogen (secondary N) is 1. The van der Waals surface area contributed by atoms with Gasteiger partial charge in [-0.2, -0.15) is 0 Å². The fourth-order valence-corrected chi connectivity index (χ4v) is 3.40. The molecule has 2 aliphatic rings. The van der Waals surface area contributed by atoms with Gasteiger partial charge in [0.1, 0.15) is 0 Å². The van der Waals surface area contributed by atoms with Gasteiger partial charge in [0, 0.05) is 16.0 Å². The molecule has 1 heterocycles. The molecule has 0 saturated carbocycles. The lowest BCUT2D eigenvalue weighted by molar-refractivity contribution is 0.626. The van der Waals surface area contributed by atoms with E-state index in [0.717, 1.165) is 0 Å². The van der Waals surface area contributed by atoms with E-state index in [1.807, 2.05) is 11.8 Å². The number of benzene rings is 1. The van der Waals surface area contributed by atoms with Crippen molar-refractivity contribution in [1.29, 1.82) is 0 Å². The van der Waals surface area contributed by atoms with E-state index in [1.54, 1.807) is 0 Å². The Hall–Kier alpha value is -1.15. The Morgan fingerprint density at radius 1 is 1.12 bits per heavy atom. The number of allylic oxidation sites excluding steroid dienone is 2. The van der Waals surface area contributed by atoms with Crippen LogP contribution in [0.25, 0.3) is 0 Å². The van der Waals surface area contributed by atoms with Crippen LogP contribution in [0.15, 0.2) is 53.5 Å². The van der Waals surface area contributed by atoms with Crippen LogP contribution in [0.4, 0.5) is 5.69 Å². The molecule has 0 radical (unpaired) electrons. The van der Waals surface area contributed by atoms with Crippen LogP contribution in [0.3, 0.4) is 0 Å². The molecule has 3 rings (SSSR count).